The molecule has 29 heavy (non-hydrogen) atoms. The molecule has 0 unspecified atom stereocenters. The lowest BCUT2D eigenvalue weighted by molar-refractivity contribution is -0.117. The summed E-state index contributed by atoms with van der Waals surface area (Å²) in [6, 6.07) is 9.33. The average Bonchev–Trinajstić information content (AvgIpc) is 3.33. The molecule has 0 spiro atoms. The van der Waals surface area contributed by atoms with E-state index in [-0.39, 0.29) is 17.7 Å². The van der Waals surface area contributed by atoms with Gasteiger partial charge in [0.05, 0.1) is 12.6 Å². The first-order valence-electron chi connectivity index (χ1n) is 9.81. The van der Waals surface area contributed by atoms with E-state index in [4.69, 9.17) is 4.52 Å². The van der Waals surface area contributed by atoms with Gasteiger partial charge in [0.1, 0.15) is 5.76 Å². The summed E-state index contributed by atoms with van der Waals surface area (Å²) in [4.78, 5) is 32.7. The van der Waals surface area contributed by atoms with Gasteiger partial charge >= 0.3 is 0 Å². The minimum atomic E-state index is -0.205. The number of Topliss-reactive ketones (excluding diaryl/α,β-unsaturated/α-hetero) is 1. The predicted octanol–water partition coefficient (Wildman–Crippen LogP) is 2.29. The quantitative estimate of drug-likeness (QED) is 0.622. The number of piperazine rings is 1. The van der Waals surface area contributed by atoms with E-state index < -0.39 is 0 Å². The third kappa shape index (κ3) is 4.23. The van der Waals surface area contributed by atoms with Gasteiger partial charge in [0, 0.05) is 54.9 Å². The van der Waals surface area contributed by atoms with Gasteiger partial charge in [0.15, 0.2) is 11.6 Å². The van der Waals surface area contributed by atoms with Gasteiger partial charge in [-0.25, -0.2) is 0 Å². The fourth-order valence-electron chi connectivity index (χ4n) is 3.79. The Hall–Kier alpha value is -2.97. The number of ketones is 1. The van der Waals surface area contributed by atoms with Gasteiger partial charge in [-0.15, -0.1) is 0 Å². The van der Waals surface area contributed by atoms with E-state index >= 15 is 0 Å². The molecule has 2 aromatic heterocycles. The van der Waals surface area contributed by atoms with Crippen LogP contribution in [-0.2, 0) is 4.79 Å². The van der Waals surface area contributed by atoms with Crippen LogP contribution >= 0.6 is 0 Å². The molecule has 0 aliphatic carbocycles. The minimum Gasteiger partial charge on any atom is -0.360 e. The number of nitrogens with zero attached hydrogens (tertiary/aromatic N) is 3. The molecule has 1 aromatic carbocycles. The summed E-state index contributed by atoms with van der Waals surface area (Å²) in [5, 5.41) is 7.48. The Balaban J connectivity index is 1.30. The van der Waals surface area contributed by atoms with Crippen molar-refractivity contribution in [2.45, 2.75) is 19.9 Å². The summed E-state index contributed by atoms with van der Waals surface area (Å²) in [5.41, 5.74) is 1.71. The Morgan fingerprint density at radius 1 is 1.24 bits per heavy atom. The molecule has 3 heterocycles. The topological polar surface area (TPSA) is 94.5 Å². The largest absolute Gasteiger partial charge is 0.360 e. The molecule has 1 aliphatic heterocycles. The normalized spacial score (nSPS) is 16.8. The summed E-state index contributed by atoms with van der Waals surface area (Å²) in [6.45, 7) is 6.98. The van der Waals surface area contributed by atoms with Gasteiger partial charge in [-0.05, 0) is 19.9 Å². The van der Waals surface area contributed by atoms with E-state index in [2.05, 4.69) is 25.3 Å². The number of benzene rings is 1. The molecule has 2 N–H and O–H groups in total. The van der Waals surface area contributed by atoms with Crippen LogP contribution in [0.25, 0.3) is 10.9 Å². The zero-order chi connectivity index (χ0) is 20.4. The molecule has 1 atom stereocenters. The summed E-state index contributed by atoms with van der Waals surface area (Å²) in [7, 11) is 0. The number of aryl methyl sites for hydroxylation is 1. The maximum Gasteiger partial charge on any atom is 0.239 e. The van der Waals surface area contributed by atoms with Crippen LogP contribution in [0.15, 0.2) is 41.1 Å². The van der Waals surface area contributed by atoms with Gasteiger partial charge in [-0.3, -0.25) is 19.4 Å². The zero-order valence-corrected chi connectivity index (χ0v) is 16.6. The number of para-hydroxylation sites is 1. The smallest absolute Gasteiger partial charge is 0.239 e. The first-order chi connectivity index (χ1) is 14.0. The molecule has 4 rings (SSSR count). The lowest BCUT2D eigenvalue weighted by atomic mass is 10.0. The lowest BCUT2D eigenvalue weighted by Crippen LogP contribution is -2.52. The molecule has 1 saturated heterocycles. The van der Waals surface area contributed by atoms with Crippen molar-refractivity contribution in [3.63, 3.8) is 0 Å². The Morgan fingerprint density at radius 3 is 2.72 bits per heavy atom. The van der Waals surface area contributed by atoms with Crippen LogP contribution in [-0.4, -0.2) is 70.4 Å². The van der Waals surface area contributed by atoms with Crippen molar-refractivity contribution in [2.24, 2.45) is 0 Å². The Kier molecular flexibility index (Phi) is 5.46. The highest BCUT2D eigenvalue weighted by Crippen LogP contribution is 2.21. The van der Waals surface area contributed by atoms with Crippen molar-refractivity contribution >= 4 is 28.4 Å². The Morgan fingerprint density at radius 2 is 2.00 bits per heavy atom. The maximum atomic E-state index is 13.0. The average molecular weight is 395 g/mol. The highest BCUT2D eigenvalue weighted by Gasteiger charge is 2.28. The minimum absolute atomic E-state index is 0.116. The first-order valence-corrected chi connectivity index (χ1v) is 9.81. The van der Waals surface area contributed by atoms with Crippen molar-refractivity contribution in [3.8, 4) is 0 Å². The highest BCUT2D eigenvalue weighted by atomic mass is 16.5. The number of nitrogens with one attached hydrogen (secondary N) is 2. The molecule has 1 aliphatic rings. The number of hydrogen-bond acceptors (Lipinski definition) is 6. The molecule has 0 saturated carbocycles. The SMILES string of the molecule is Cc1cc(NC(=O)CN2CCN([C@H](C)C(=O)c3c[nH]c4ccccc34)CC2)no1. The molecular formula is C21H25N5O3. The lowest BCUT2D eigenvalue weighted by Gasteiger charge is -2.37. The van der Waals surface area contributed by atoms with Crippen LogP contribution in [0, 0.1) is 6.92 Å². The van der Waals surface area contributed by atoms with Crippen molar-refractivity contribution < 1.29 is 14.1 Å². The standard InChI is InChI=1S/C21H25N5O3/c1-14-11-19(24-29-14)23-20(27)13-25-7-9-26(10-8-25)15(2)21(28)17-12-22-18-6-4-3-5-16(17)18/h3-6,11-12,15,22H,7-10,13H2,1-2H3,(H,23,24,27)/t15-/m1/s1. The van der Waals surface area contributed by atoms with Gasteiger partial charge in [0.2, 0.25) is 5.91 Å². The number of aromatic amines is 1. The maximum absolute atomic E-state index is 13.0. The fourth-order valence-corrected chi connectivity index (χ4v) is 3.79. The molecule has 8 heteroatoms. The van der Waals surface area contributed by atoms with Crippen LogP contribution in [0.4, 0.5) is 5.82 Å². The van der Waals surface area contributed by atoms with Crippen molar-refractivity contribution in [2.75, 3.05) is 38.0 Å². The van der Waals surface area contributed by atoms with E-state index in [1.807, 2.05) is 31.2 Å². The van der Waals surface area contributed by atoms with Crippen LogP contribution in [0.3, 0.4) is 0 Å². The Labute approximate surface area is 168 Å². The van der Waals surface area contributed by atoms with E-state index in [0.717, 1.165) is 42.6 Å². The van der Waals surface area contributed by atoms with Crippen LogP contribution in [0.1, 0.15) is 23.0 Å². The Bertz CT molecular complexity index is 1020. The van der Waals surface area contributed by atoms with Gasteiger partial charge in [-0.2, -0.15) is 0 Å². The number of aromatic nitrogens is 2. The van der Waals surface area contributed by atoms with E-state index in [0.29, 0.717) is 18.1 Å². The number of carbonyl (C=O) groups excluding carboxylic acids is 2. The van der Waals surface area contributed by atoms with Crippen molar-refractivity contribution in [1.29, 1.82) is 0 Å². The summed E-state index contributed by atoms with van der Waals surface area (Å²) in [6.07, 6.45) is 1.80. The zero-order valence-electron chi connectivity index (χ0n) is 16.6. The molecule has 0 bridgehead atoms. The summed E-state index contributed by atoms with van der Waals surface area (Å²) >= 11 is 0. The van der Waals surface area contributed by atoms with E-state index in [1.165, 1.54) is 0 Å². The molecule has 8 nitrogen and oxygen atoms in total. The molecule has 1 amide bonds. The van der Waals surface area contributed by atoms with Crippen LogP contribution in [0.2, 0.25) is 0 Å². The molecule has 3 aromatic rings. The third-order valence-corrected chi connectivity index (χ3v) is 5.45. The highest BCUT2D eigenvalue weighted by molar-refractivity contribution is 6.10. The molecule has 0 radical (unpaired) electrons. The van der Waals surface area contributed by atoms with Gasteiger partial charge in [0.25, 0.3) is 0 Å². The summed E-state index contributed by atoms with van der Waals surface area (Å²) in [5.74, 6) is 1.09. The number of amides is 1. The molecular weight excluding hydrogens is 370 g/mol. The molecule has 1 fully saturated rings. The fraction of sp³-hybridized carbons (Fsp3) is 0.381. The first kappa shape index (κ1) is 19.4. The number of carbonyl (C=O) groups is 2. The van der Waals surface area contributed by atoms with Gasteiger partial charge in [-0.1, -0.05) is 23.4 Å². The number of fused-ring (bicyclic) bond motifs is 1. The summed E-state index contributed by atoms with van der Waals surface area (Å²) < 4.78 is 4.96. The number of hydrogen-bond donors (Lipinski definition) is 2. The van der Waals surface area contributed by atoms with Crippen molar-refractivity contribution in [1.82, 2.24) is 19.9 Å². The monoisotopic (exact) mass is 395 g/mol. The van der Waals surface area contributed by atoms with E-state index in [9.17, 15) is 9.59 Å². The number of H-pyrrole nitrogens is 1. The second kappa shape index (κ2) is 8.18. The van der Waals surface area contributed by atoms with Crippen LogP contribution < -0.4 is 5.32 Å². The van der Waals surface area contributed by atoms with Crippen molar-refractivity contribution in [3.05, 3.63) is 47.9 Å². The number of anilines is 1. The second-order valence-corrected chi connectivity index (χ2v) is 7.47. The predicted molar refractivity (Wildman–Crippen MR) is 110 cm³/mol. The van der Waals surface area contributed by atoms with E-state index in [1.54, 1.807) is 19.2 Å². The van der Waals surface area contributed by atoms with Gasteiger partial charge < -0.3 is 14.8 Å². The number of rotatable bonds is 6. The van der Waals surface area contributed by atoms with Crippen LogP contribution in [0.5, 0.6) is 0 Å². The molecule has 152 valence electrons. The third-order valence-electron chi connectivity index (χ3n) is 5.45. The second-order valence-electron chi connectivity index (χ2n) is 7.47.